The summed E-state index contributed by atoms with van der Waals surface area (Å²) in [6.45, 7) is -0.00228. The largest absolute Gasteiger partial charge is 0.330 e. The normalized spacial score (nSPS) is 15.9. The fourth-order valence-corrected chi connectivity index (χ4v) is 4.72. The standard InChI is InChI=1S/C26H26ClFN4O2/c27-21-14-20(12-13-22(21)28)32-15-23(17-6-2-1-3-7-17)29-26(32)30-24(33)16-31(19-10-11-19)25(34)18-8-4-5-9-18/h1-3,6-7,12-15,18-19H,4-5,8-11,16H2,(H,29,30,33). The number of amides is 2. The summed E-state index contributed by atoms with van der Waals surface area (Å²) in [6, 6.07) is 14.1. The van der Waals surface area contributed by atoms with Gasteiger partial charge in [0.05, 0.1) is 16.4 Å². The van der Waals surface area contributed by atoms with Crippen LogP contribution in [-0.4, -0.2) is 38.9 Å². The number of halogens is 2. The number of anilines is 1. The van der Waals surface area contributed by atoms with E-state index in [9.17, 15) is 14.0 Å². The molecule has 8 heteroatoms. The lowest BCUT2D eigenvalue weighted by Gasteiger charge is -2.25. The van der Waals surface area contributed by atoms with Gasteiger partial charge in [0.1, 0.15) is 12.4 Å². The Bertz CT molecular complexity index is 1200. The van der Waals surface area contributed by atoms with E-state index in [0.717, 1.165) is 44.1 Å². The third kappa shape index (κ3) is 4.85. The molecule has 0 spiro atoms. The highest BCUT2D eigenvalue weighted by Crippen LogP contribution is 2.33. The lowest BCUT2D eigenvalue weighted by molar-refractivity contribution is -0.138. The summed E-state index contributed by atoms with van der Waals surface area (Å²) in [6.07, 6.45) is 7.60. The van der Waals surface area contributed by atoms with Gasteiger partial charge in [-0.3, -0.25) is 19.5 Å². The molecule has 2 fully saturated rings. The SMILES string of the molecule is O=C(CN(C(=O)C1CCCC1)C1CC1)Nc1nc(-c2ccccc2)cn1-c1ccc(F)c(Cl)c1. The molecule has 0 aliphatic heterocycles. The zero-order valence-corrected chi connectivity index (χ0v) is 19.5. The first-order valence-corrected chi connectivity index (χ1v) is 12.1. The molecule has 1 N–H and O–H groups in total. The quantitative estimate of drug-likeness (QED) is 0.489. The summed E-state index contributed by atoms with van der Waals surface area (Å²) in [4.78, 5) is 32.5. The first-order chi connectivity index (χ1) is 16.5. The Morgan fingerprint density at radius 3 is 2.50 bits per heavy atom. The molecule has 0 radical (unpaired) electrons. The van der Waals surface area contributed by atoms with E-state index in [4.69, 9.17) is 11.6 Å². The van der Waals surface area contributed by atoms with Crippen LogP contribution in [0.2, 0.25) is 5.02 Å². The Labute approximate surface area is 202 Å². The Kier molecular flexibility index (Phi) is 6.37. The molecule has 1 aromatic heterocycles. The van der Waals surface area contributed by atoms with Crippen molar-refractivity contribution in [3.63, 3.8) is 0 Å². The summed E-state index contributed by atoms with van der Waals surface area (Å²) < 4.78 is 15.4. The van der Waals surface area contributed by atoms with Crippen LogP contribution in [0.15, 0.2) is 54.7 Å². The Balaban J connectivity index is 1.41. The Hall–Kier alpha value is -3.19. The van der Waals surface area contributed by atoms with Crippen molar-refractivity contribution in [3.8, 4) is 16.9 Å². The predicted molar refractivity (Wildman–Crippen MR) is 129 cm³/mol. The van der Waals surface area contributed by atoms with Crippen molar-refractivity contribution in [3.05, 3.63) is 65.6 Å². The number of nitrogens with one attached hydrogen (secondary N) is 1. The molecule has 176 valence electrons. The summed E-state index contributed by atoms with van der Waals surface area (Å²) in [5.74, 6) is -0.423. The third-order valence-electron chi connectivity index (χ3n) is 6.50. The number of carbonyl (C=O) groups excluding carboxylic acids is 2. The van der Waals surface area contributed by atoms with Crippen molar-refractivity contribution >= 4 is 29.4 Å². The van der Waals surface area contributed by atoms with Crippen LogP contribution in [0, 0.1) is 11.7 Å². The lowest BCUT2D eigenvalue weighted by atomic mass is 10.1. The molecule has 0 unspecified atom stereocenters. The van der Waals surface area contributed by atoms with Gasteiger partial charge in [-0.05, 0) is 43.9 Å². The van der Waals surface area contributed by atoms with Crippen LogP contribution in [0.5, 0.6) is 0 Å². The number of nitrogens with zero attached hydrogens (tertiary/aromatic N) is 3. The Morgan fingerprint density at radius 2 is 1.82 bits per heavy atom. The van der Waals surface area contributed by atoms with Crippen LogP contribution in [0.3, 0.4) is 0 Å². The molecule has 6 nitrogen and oxygen atoms in total. The number of imidazole rings is 1. The summed E-state index contributed by atoms with van der Waals surface area (Å²) in [5.41, 5.74) is 2.09. The zero-order valence-electron chi connectivity index (χ0n) is 18.7. The van der Waals surface area contributed by atoms with Gasteiger partial charge in [0.25, 0.3) is 0 Å². The summed E-state index contributed by atoms with van der Waals surface area (Å²) in [7, 11) is 0. The van der Waals surface area contributed by atoms with Crippen molar-refractivity contribution < 1.29 is 14.0 Å². The molecule has 2 aliphatic rings. The lowest BCUT2D eigenvalue weighted by Crippen LogP contribution is -2.42. The smallest absolute Gasteiger partial charge is 0.246 e. The van der Waals surface area contributed by atoms with Crippen molar-refractivity contribution in [1.29, 1.82) is 0 Å². The maximum atomic E-state index is 13.8. The van der Waals surface area contributed by atoms with Crippen molar-refractivity contribution in [1.82, 2.24) is 14.5 Å². The first kappa shape index (κ1) is 22.6. The van der Waals surface area contributed by atoms with Gasteiger partial charge in [-0.15, -0.1) is 0 Å². The average molecular weight is 481 g/mol. The fourth-order valence-electron chi connectivity index (χ4n) is 4.55. The molecule has 0 saturated heterocycles. The number of aromatic nitrogens is 2. The van der Waals surface area contributed by atoms with Gasteiger partial charge >= 0.3 is 0 Å². The summed E-state index contributed by atoms with van der Waals surface area (Å²) >= 11 is 6.01. The molecule has 2 aliphatic carbocycles. The maximum absolute atomic E-state index is 13.8. The molecule has 2 saturated carbocycles. The van der Waals surface area contributed by atoms with Crippen molar-refractivity contribution in [2.75, 3.05) is 11.9 Å². The van der Waals surface area contributed by atoms with Gasteiger partial charge in [-0.1, -0.05) is 54.8 Å². The maximum Gasteiger partial charge on any atom is 0.246 e. The molecule has 0 atom stereocenters. The van der Waals surface area contributed by atoms with E-state index in [1.165, 1.54) is 12.1 Å². The summed E-state index contributed by atoms with van der Waals surface area (Å²) in [5, 5.41) is 2.85. The molecular formula is C26H26ClFN4O2. The highest BCUT2D eigenvalue weighted by Gasteiger charge is 2.37. The van der Waals surface area contributed by atoms with E-state index < -0.39 is 5.82 Å². The second-order valence-electron chi connectivity index (χ2n) is 9.01. The van der Waals surface area contributed by atoms with E-state index in [0.29, 0.717) is 11.4 Å². The van der Waals surface area contributed by atoms with E-state index >= 15 is 0 Å². The number of hydrogen-bond donors (Lipinski definition) is 1. The van der Waals surface area contributed by atoms with Crippen LogP contribution in [-0.2, 0) is 9.59 Å². The monoisotopic (exact) mass is 480 g/mol. The molecule has 2 amide bonds. The van der Waals surface area contributed by atoms with Gasteiger partial charge in [-0.2, -0.15) is 0 Å². The van der Waals surface area contributed by atoms with Gasteiger partial charge < -0.3 is 4.90 Å². The molecule has 1 heterocycles. The molecule has 34 heavy (non-hydrogen) atoms. The van der Waals surface area contributed by atoms with E-state index in [2.05, 4.69) is 10.3 Å². The van der Waals surface area contributed by atoms with Crippen LogP contribution < -0.4 is 5.32 Å². The third-order valence-corrected chi connectivity index (χ3v) is 6.79. The highest BCUT2D eigenvalue weighted by molar-refractivity contribution is 6.30. The van der Waals surface area contributed by atoms with Gasteiger partial charge in [-0.25, -0.2) is 9.37 Å². The fraction of sp³-hybridized carbons (Fsp3) is 0.346. The number of hydrogen-bond acceptors (Lipinski definition) is 3. The Morgan fingerprint density at radius 1 is 1.09 bits per heavy atom. The minimum atomic E-state index is -0.523. The van der Waals surface area contributed by atoms with Crippen LogP contribution in [0.4, 0.5) is 10.3 Å². The van der Waals surface area contributed by atoms with E-state index in [1.807, 2.05) is 30.3 Å². The molecule has 3 aromatic rings. The van der Waals surface area contributed by atoms with Crippen molar-refractivity contribution in [2.24, 2.45) is 5.92 Å². The molecule has 0 bridgehead atoms. The highest BCUT2D eigenvalue weighted by atomic mass is 35.5. The van der Waals surface area contributed by atoms with Gasteiger partial charge in [0.2, 0.25) is 17.8 Å². The predicted octanol–water partition coefficient (Wildman–Crippen LogP) is 5.45. The van der Waals surface area contributed by atoms with E-state index in [-0.39, 0.29) is 41.3 Å². The first-order valence-electron chi connectivity index (χ1n) is 11.7. The minimum absolute atomic E-state index is 0.00228. The van der Waals surface area contributed by atoms with Crippen LogP contribution in [0.25, 0.3) is 16.9 Å². The minimum Gasteiger partial charge on any atom is -0.330 e. The average Bonchev–Trinajstić information content (AvgIpc) is 3.36. The van der Waals surface area contributed by atoms with E-state index in [1.54, 1.807) is 21.7 Å². The zero-order chi connectivity index (χ0) is 23.7. The number of rotatable bonds is 7. The van der Waals surface area contributed by atoms with Crippen LogP contribution in [0.1, 0.15) is 38.5 Å². The number of carbonyl (C=O) groups is 2. The topological polar surface area (TPSA) is 67.2 Å². The van der Waals surface area contributed by atoms with Gasteiger partial charge in [0, 0.05) is 23.7 Å². The second kappa shape index (κ2) is 9.58. The molecular weight excluding hydrogens is 455 g/mol. The second-order valence-corrected chi connectivity index (χ2v) is 9.42. The number of benzene rings is 2. The van der Waals surface area contributed by atoms with Crippen LogP contribution >= 0.6 is 11.6 Å². The molecule has 2 aromatic carbocycles. The van der Waals surface area contributed by atoms with Gasteiger partial charge in [0.15, 0.2) is 0 Å². The molecule has 5 rings (SSSR count). The van der Waals surface area contributed by atoms with Crippen molar-refractivity contribution in [2.45, 2.75) is 44.6 Å².